The Morgan fingerprint density at radius 3 is 1.40 bits per heavy atom. The average Bonchev–Trinajstić information content (AvgIpc) is 2.65. The zero-order valence-electron chi connectivity index (χ0n) is 18.0. The van der Waals surface area contributed by atoms with E-state index in [4.69, 9.17) is 0 Å². The van der Waals surface area contributed by atoms with Crippen molar-refractivity contribution in [1.29, 1.82) is 0 Å². The Morgan fingerprint density at radius 1 is 0.520 bits per heavy atom. The highest BCUT2D eigenvalue weighted by Crippen LogP contribution is 2.35. The monoisotopic (exact) mass is 350 g/mol. The van der Waals surface area contributed by atoms with Gasteiger partial charge in [-0.3, -0.25) is 0 Å². The minimum atomic E-state index is 1.08. The third-order valence-corrected chi connectivity index (χ3v) is 6.67. The van der Waals surface area contributed by atoms with Gasteiger partial charge in [0.15, 0.2) is 0 Å². The van der Waals surface area contributed by atoms with Crippen LogP contribution < -0.4 is 0 Å². The van der Waals surface area contributed by atoms with Crippen LogP contribution >= 0.6 is 0 Å². The molecule has 0 aliphatic heterocycles. The van der Waals surface area contributed by atoms with Crippen LogP contribution in [-0.4, -0.2) is 0 Å². The third-order valence-electron chi connectivity index (χ3n) is 6.67. The second-order valence-electron chi connectivity index (χ2n) is 8.98. The van der Waals surface area contributed by atoms with Gasteiger partial charge in [-0.15, -0.1) is 0 Å². The summed E-state index contributed by atoms with van der Waals surface area (Å²) in [5, 5.41) is 0. The lowest BCUT2D eigenvalue weighted by Crippen LogP contribution is -2.18. The van der Waals surface area contributed by atoms with Crippen molar-refractivity contribution in [2.24, 2.45) is 11.8 Å². The maximum atomic E-state index is 2.34. The molecule has 0 nitrogen and oxygen atoms in total. The van der Waals surface area contributed by atoms with E-state index in [-0.39, 0.29) is 0 Å². The minimum absolute atomic E-state index is 1.08. The van der Waals surface area contributed by atoms with Gasteiger partial charge in [0.1, 0.15) is 0 Å². The van der Waals surface area contributed by atoms with E-state index < -0.39 is 0 Å². The van der Waals surface area contributed by atoms with Gasteiger partial charge in [-0.25, -0.2) is 0 Å². The highest BCUT2D eigenvalue weighted by atomic mass is 14.3. The lowest BCUT2D eigenvalue weighted by Gasteiger charge is -2.30. The maximum absolute atomic E-state index is 2.34. The van der Waals surface area contributed by atoms with Gasteiger partial charge in [-0.1, -0.05) is 149 Å². The Kier molecular flexibility index (Phi) is 16.1. The molecule has 0 spiro atoms. The Hall–Kier alpha value is 0. The van der Waals surface area contributed by atoms with Crippen LogP contribution in [0.25, 0.3) is 0 Å². The van der Waals surface area contributed by atoms with Gasteiger partial charge in [0.2, 0.25) is 0 Å². The summed E-state index contributed by atoms with van der Waals surface area (Å²) in [4.78, 5) is 0. The van der Waals surface area contributed by atoms with Crippen molar-refractivity contribution in [3.63, 3.8) is 0 Å². The molecule has 1 fully saturated rings. The summed E-state index contributed by atoms with van der Waals surface area (Å²) in [5.74, 6) is 2.17. The van der Waals surface area contributed by atoms with Crippen LogP contribution in [0.4, 0.5) is 0 Å². The fourth-order valence-corrected chi connectivity index (χ4v) is 4.95. The SMILES string of the molecule is CCCCCCCCCCCCC(CCCCCC)C1CCCCC1. The lowest BCUT2D eigenvalue weighted by molar-refractivity contribution is 0.215. The van der Waals surface area contributed by atoms with Crippen LogP contribution in [0.5, 0.6) is 0 Å². The van der Waals surface area contributed by atoms with Crippen LogP contribution in [0.3, 0.4) is 0 Å². The van der Waals surface area contributed by atoms with Crippen LogP contribution in [0.15, 0.2) is 0 Å². The minimum Gasteiger partial charge on any atom is -0.0654 e. The number of hydrogen-bond acceptors (Lipinski definition) is 0. The van der Waals surface area contributed by atoms with E-state index in [2.05, 4.69) is 13.8 Å². The maximum Gasteiger partial charge on any atom is -0.0386 e. The molecule has 0 aromatic heterocycles. The Bertz CT molecular complexity index is 251. The summed E-state index contributed by atoms with van der Waals surface area (Å²) >= 11 is 0. The largest absolute Gasteiger partial charge is 0.0654 e. The van der Waals surface area contributed by atoms with Crippen LogP contribution in [0.2, 0.25) is 0 Å². The third kappa shape index (κ3) is 12.9. The smallest absolute Gasteiger partial charge is 0.0386 e. The van der Waals surface area contributed by atoms with Crippen molar-refractivity contribution in [3.8, 4) is 0 Å². The summed E-state index contributed by atoms with van der Waals surface area (Å²) in [6.07, 6.45) is 31.4. The summed E-state index contributed by atoms with van der Waals surface area (Å²) in [6, 6.07) is 0. The highest BCUT2D eigenvalue weighted by Gasteiger charge is 2.22. The molecule has 1 atom stereocenters. The molecule has 0 saturated heterocycles. The number of unbranched alkanes of at least 4 members (excludes halogenated alkanes) is 12. The quantitative estimate of drug-likeness (QED) is 0.229. The van der Waals surface area contributed by atoms with Crippen LogP contribution in [0, 0.1) is 11.8 Å². The molecule has 1 saturated carbocycles. The molecular formula is C25H50. The van der Waals surface area contributed by atoms with Crippen LogP contribution in [0.1, 0.15) is 149 Å². The molecule has 1 aliphatic carbocycles. The molecule has 0 heteroatoms. The standard InChI is InChI=1S/C25H50/c1-3-5-7-9-10-11-12-13-14-17-21-24(20-16-8-6-4-2)25-22-18-15-19-23-25/h24-25H,3-23H2,1-2H3. The molecule has 0 amide bonds. The normalized spacial score (nSPS) is 17.0. The van der Waals surface area contributed by atoms with E-state index in [1.54, 1.807) is 25.7 Å². The Balaban J connectivity index is 2.06. The molecule has 0 aromatic carbocycles. The topological polar surface area (TPSA) is 0 Å². The van der Waals surface area contributed by atoms with Gasteiger partial charge in [-0.2, -0.15) is 0 Å². The zero-order valence-corrected chi connectivity index (χ0v) is 18.0. The Morgan fingerprint density at radius 2 is 0.920 bits per heavy atom. The lowest BCUT2D eigenvalue weighted by atomic mass is 9.75. The van der Waals surface area contributed by atoms with Crippen molar-refractivity contribution in [3.05, 3.63) is 0 Å². The van der Waals surface area contributed by atoms with E-state index in [0.717, 1.165) is 11.8 Å². The first-order chi connectivity index (χ1) is 12.4. The summed E-state index contributed by atoms with van der Waals surface area (Å²) in [6.45, 7) is 4.65. The summed E-state index contributed by atoms with van der Waals surface area (Å²) in [7, 11) is 0. The molecule has 0 aromatic rings. The van der Waals surface area contributed by atoms with E-state index in [0.29, 0.717) is 0 Å². The molecule has 25 heavy (non-hydrogen) atoms. The van der Waals surface area contributed by atoms with Gasteiger partial charge in [-0.05, 0) is 11.8 Å². The summed E-state index contributed by atoms with van der Waals surface area (Å²) in [5.41, 5.74) is 0. The molecule has 1 rings (SSSR count). The van der Waals surface area contributed by atoms with E-state index in [1.807, 2.05) is 0 Å². The van der Waals surface area contributed by atoms with Crippen molar-refractivity contribution in [2.75, 3.05) is 0 Å². The van der Waals surface area contributed by atoms with E-state index >= 15 is 0 Å². The van der Waals surface area contributed by atoms with E-state index in [9.17, 15) is 0 Å². The predicted molar refractivity (Wildman–Crippen MR) is 115 cm³/mol. The molecule has 150 valence electrons. The van der Waals surface area contributed by atoms with Crippen LogP contribution in [-0.2, 0) is 0 Å². The van der Waals surface area contributed by atoms with Gasteiger partial charge in [0.05, 0.1) is 0 Å². The first-order valence-corrected chi connectivity index (χ1v) is 12.4. The van der Waals surface area contributed by atoms with Gasteiger partial charge in [0, 0.05) is 0 Å². The zero-order chi connectivity index (χ0) is 18.0. The molecule has 1 aliphatic rings. The van der Waals surface area contributed by atoms with Crippen molar-refractivity contribution in [2.45, 2.75) is 149 Å². The first-order valence-electron chi connectivity index (χ1n) is 12.4. The fourth-order valence-electron chi connectivity index (χ4n) is 4.95. The van der Waals surface area contributed by atoms with Gasteiger partial charge < -0.3 is 0 Å². The predicted octanol–water partition coefficient (Wildman–Crippen LogP) is 9.46. The van der Waals surface area contributed by atoms with Gasteiger partial charge in [0.25, 0.3) is 0 Å². The Labute approximate surface area is 160 Å². The first kappa shape index (κ1) is 23.0. The van der Waals surface area contributed by atoms with Crippen molar-refractivity contribution < 1.29 is 0 Å². The van der Waals surface area contributed by atoms with Crippen molar-refractivity contribution in [1.82, 2.24) is 0 Å². The molecule has 1 unspecified atom stereocenters. The van der Waals surface area contributed by atoms with E-state index in [1.165, 1.54) is 109 Å². The summed E-state index contributed by atoms with van der Waals surface area (Å²) < 4.78 is 0. The average molecular weight is 351 g/mol. The molecular weight excluding hydrogens is 300 g/mol. The van der Waals surface area contributed by atoms with Crippen molar-refractivity contribution >= 4 is 0 Å². The second-order valence-corrected chi connectivity index (χ2v) is 8.98. The molecule has 0 radical (unpaired) electrons. The number of hydrogen-bond donors (Lipinski definition) is 0. The second kappa shape index (κ2) is 17.4. The fraction of sp³-hybridized carbons (Fsp3) is 1.00. The highest BCUT2D eigenvalue weighted by molar-refractivity contribution is 4.74. The molecule has 0 heterocycles. The number of rotatable bonds is 17. The van der Waals surface area contributed by atoms with Gasteiger partial charge >= 0.3 is 0 Å². The molecule has 0 bridgehead atoms. The molecule has 0 N–H and O–H groups in total.